The maximum atomic E-state index is 12.8. The van der Waals surface area contributed by atoms with Gasteiger partial charge in [0.05, 0.1) is 16.3 Å². The molecule has 0 aliphatic rings. The second-order valence-corrected chi connectivity index (χ2v) is 6.47. The molecule has 27 heavy (non-hydrogen) atoms. The predicted molar refractivity (Wildman–Crippen MR) is 99.3 cm³/mol. The molecule has 0 saturated carbocycles. The molecule has 3 nitrogen and oxygen atoms in total. The summed E-state index contributed by atoms with van der Waals surface area (Å²) in [6.07, 6.45) is -4.45. The number of nitrogens with zero attached hydrogens (tertiary/aromatic N) is 2. The summed E-state index contributed by atoms with van der Waals surface area (Å²) in [5, 5.41) is 10.2. The third-order valence-corrected chi connectivity index (χ3v) is 4.44. The number of rotatable bonds is 2. The minimum absolute atomic E-state index is 0.0454. The highest BCUT2D eigenvalue weighted by Gasteiger charge is 2.30. The van der Waals surface area contributed by atoms with E-state index in [0.717, 1.165) is 12.1 Å². The molecule has 0 spiro atoms. The number of pyridine rings is 1. The number of hydrogen-bond acceptors (Lipinski definition) is 3. The zero-order valence-electron chi connectivity index (χ0n) is 13.5. The van der Waals surface area contributed by atoms with Crippen LogP contribution in [0.3, 0.4) is 0 Å². The molecule has 0 aliphatic carbocycles. The lowest BCUT2D eigenvalue weighted by Crippen LogP contribution is -2.04. The van der Waals surface area contributed by atoms with Crippen LogP contribution in [0.15, 0.2) is 48.5 Å². The summed E-state index contributed by atoms with van der Waals surface area (Å²) in [7, 11) is 0. The first-order valence-corrected chi connectivity index (χ1v) is 8.30. The summed E-state index contributed by atoms with van der Waals surface area (Å²) < 4.78 is 38.4. The van der Waals surface area contributed by atoms with Crippen molar-refractivity contribution in [3.05, 3.63) is 69.7 Å². The summed E-state index contributed by atoms with van der Waals surface area (Å²) in [6.45, 7) is 0. The fraction of sp³-hybridized carbons (Fsp3) is 0.0526. The minimum atomic E-state index is -4.45. The molecule has 0 radical (unpaired) electrons. The first-order chi connectivity index (χ1) is 12.7. The molecule has 1 heterocycles. The number of hydrogen-bond donors (Lipinski definition) is 1. The fourth-order valence-corrected chi connectivity index (χ4v) is 3.09. The molecule has 8 heteroatoms. The average molecular weight is 408 g/mol. The zero-order valence-corrected chi connectivity index (χ0v) is 15.0. The Labute approximate surface area is 162 Å². The van der Waals surface area contributed by atoms with Gasteiger partial charge in [0, 0.05) is 16.1 Å². The van der Waals surface area contributed by atoms with E-state index in [1.807, 2.05) is 6.07 Å². The van der Waals surface area contributed by atoms with Crippen LogP contribution in [0.4, 0.5) is 19.0 Å². The van der Waals surface area contributed by atoms with Crippen molar-refractivity contribution in [3.8, 4) is 28.5 Å². The van der Waals surface area contributed by atoms with Crippen LogP contribution in [-0.2, 0) is 6.18 Å². The van der Waals surface area contributed by atoms with E-state index in [0.29, 0.717) is 32.4 Å². The van der Waals surface area contributed by atoms with E-state index >= 15 is 0 Å². The van der Waals surface area contributed by atoms with Crippen LogP contribution < -0.4 is 5.73 Å². The largest absolute Gasteiger partial charge is 0.416 e. The number of anilines is 1. The molecular formula is C19H10Cl2F3N3. The lowest BCUT2D eigenvalue weighted by Gasteiger charge is -2.12. The van der Waals surface area contributed by atoms with E-state index in [1.165, 1.54) is 18.2 Å². The van der Waals surface area contributed by atoms with Gasteiger partial charge in [0.2, 0.25) is 0 Å². The molecule has 3 aromatic rings. The van der Waals surface area contributed by atoms with Crippen LogP contribution >= 0.6 is 23.2 Å². The number of nitrogen functional groups attached to an aromatic ring is 1. The molecule has 0 aliphatic heterocycles. The van der Waals surface area contributed by atoms with Crippen molar-refractivity contribution < 1.29 is 13.2 Å². The molecule has 2 aromatic carbocycles. The third kappa shape index (κ3) is 3.85. The average Bonchev–Trinajstić information content (AvgIpc) is 2.60. The van der Waals surface area contributed by atoms with Crippen molar-refractivity contribution in [2.75, 3.05) is 5.73 Å². The second kappa shape index (κ2) is 7.10. The van der Waals surface area contributed by atoms with E-state index in [1.54, 1.807) is 18.2 Å². The Balaban J connectivity index is 2.17. The van der Waals surface area contributed by atoms with E-state index in [2.05, 4.69) is 4.98 Å². The Hall–Kier alpha value is -2.75. The predicted octanol–water partition coefficient (Wildman–Crippen LogP) is 6.20. The van der Waals surface area contributed by atoms with Gasteiger partial charge in [-0.15, -0.1) is 0 Å². The molecule has 0 unspecified atom stereocenters. The van der Waals surface area contributed by atoms with Crippen LogP contribution in [0.1, 0.15) is 11.1 Å². The Morgan fingerprint density at radius 2 is 1.63 bits per heavy atom. The quantitative estimate of drug-likeness (QED) is 0.550. The highest BCUT2D eigenvalue weighted by Crippen LogP contribution is 2.36. The van der Waals surface area contributed by atoms with E-state index in [-0.39, 0.29) is 11.4 Å². The molecule has 0 saturated heterocycles. The lowest BCUT2D eigenvalue weighted by atomic mass is 9.97. The maximum Gasteiger partial charge on any atom is 0.416 e. The van der Waals surface area contributed by atoms with Crippen LogP contribution in [0.5, 0.6) is 0 Å². The van der Waals surface area contributed by atoms with E-state index in [9.17, 15) is 18.4 Å². The van der Waals surface area contributed by atoms with Crippen LogP contribution in [0.25, 0.3) is 22.4 Å². The summed E-state index contributed by atoms with van der Waals surface area (Å²) in [5.74, 6) is -0.0454. The maximum absolute atomic E-state index is 12.8. The van der Waals surface area contributed by atoms with Gasteiger partial charge in [-0.2, -0.15) is 18.4 Å². The van der Waals surface area contributed by atoms with Gasteiger partial charge in [0.15, 0.2) is 0 Å². The van der Waals surface area contributed by atoms with Crippen LogP contribution in [0, 0.1) is 11.3 Å². The van der Waals surface area contributed by atoms with Crippen molar-refractivity contribution >= 4 is 29.0 Å². The van der Waals surface area contributed by atoms with Gasteiger partial charge in [-0.25, -0.2) is 4.98 Å². The Kier molecular flexibility index (Phi) is 5.01. The molecule has 0 bridgehead atoms. The standard InChI is InChI=1S/C19H10Cl2F3N3/c20-12-5-6-13(16(21)7-12)17-8-14(15(9-25)18(26)27-17)10-1-3-11(4-2-10)19(22,23)24/h1-8H,(H2,26,27). The first kappa shape index (κ1) is 19.0. The Morgan fingerprint density at radius 3 is 2.19 bits per heavy atom. The minimum Gasteiger partial charge on any atom is -0.383 e. The monoisotopic (exact) mass is 407 g/mol. The number of alkyl halides is 3. The van der Waals surface area contributed by atoms with Crippen molar-refractivity contribution in [3.63, 3.8) is 0 Å². The van der Waals surface area contributed by atoms with Gasteiger partial charge in [-0.3, -0.25) is 0 Å². The van der Waals surface area contributed by atoms with Crippen LogP contribution in [-0.4, -0.2) is 4.98 Å². The Morgan fingerprint density at radius 1 is 0.963 bits per heavy atom. The molecule has 2 N–H and O–H groups in total. The number of halogens is 5. The number of nitriles is 1. The summed E-state index contributed by atoms with van der Waals surface area (Å²) in [4.78, 5) is 4.20. The third-order valence-electron chi connectivity index (χ3n) is 3.89. The van der Waals surface area contributed by atoms with Crippen LogP contribution in [0.2, 0.25) is 10.0 Å². The highest BCUT2D eigenvalue weighted by atomic mass is 35.5. The molecule has 0 fully saturated rings. The lowest BCUT2D eigenvalue weighted by molar-refractivity contribution is -0.137. The molecule has 3 rings (SSSR count). The van der Waals surface area contributed by atoms with Crippen molar-refractivity contribution in [2.24, 2.45) is 0 Å². The van der Waals surface area contributed by atoms with Crippen molar-refractivity contribution in [1.29, 1.82) is 5.26 Å². The van der Waals surface area contributed by atoms with E-state index in [4.69, 9.17) is 28.9 Å². The molecule has 0 amide bonds. The molecule has 136 valence electrons. The van der Waals surface area contributed by atoms with Gasteiger partial charge in [-0.1, -0.05) is 35.3 Å². The zero-order chi connectivity index (χ0) is 19.8. The summed E-state index contributed by atoms with van der Waals surface area (Å²) >= 11 is 12.1. The van der Waals surface area contributed by atoms with Gasteiger partial charge in [-0.05, 0) is 42.0 Å². The second-order valence-electron chi connectivity index (χ2n) is 5.63. The normalized spacial score (nSPS) is 11.3. The van der Waals surface area contributed by atoms with Gasteiger partial charge >= 0.3 is 6.18 Å². The molecule has 0 atom stereocenters. The number of nitrogens with two attached hydrogens (primary N) is 1. The highest BCUT2D eigenvalue weighted by molar-refractivity contribution is 6.36. The SMILES string of the molecule is N#Cc1c(-c2ccc(C(F)(F)F)cc2)cc(-c2ccc(Cl)cc2Cl)nc1N. The first-order valence-electron chi connectivity index (χ1n) is 7.54. The summed E-state index contributed by atoms with van der Waals surface area (Å²) in [6, 6.07) is 12.8. The number of aromatic nitrogens is 1. The smallest absolute Gasteiger partial charge is 0.383 e. The fourth-order valence-electron chi connectivity index (χ4n) is 2.58. The molecular weight excluding hydrogens is 398 g/mol. The van der Waals surface area contributed by atoms with E-state index < -0.39 is 11.7 Å². The van der Waals surface area contributed by atoms with Gasteiger partial charge in [0.25, 0.3) is 0 Å². The van der Waals surface area contributed by atoms with Gasteiger partial charge < -0.3 is 5.73 Å². The Bertz CT molecular complexity index is 1060. The van der Waals surface area contributed by atoms with Crippen molar-refractivity contribution in [1.82, 2.24) is 4.98 Å². The summed E-state index contributed by atoms with van der Waals surface area (Å²) in [5.41, 5.74) is 6.87. The topological polar surface area (TPSA) is 62.7 Å². The van der Waals surface area contributed by atoms with Gasteiger partial charge in [0.1, 0.15) is 17.5 Å². The number of benzene rings is 2. The van der Waals surface area contributed by atoms with Crippen molar-refractivity contribution in [2.45, 2.75) is 6.18 Å². The molecule has 1 aromatic heterocycles.